The Morgan fingerprint density at radius 1 is 1.30 bits per heavy atom. The van der Waals surface area contributed by atoms with Crippen molar-refractivity contribution in [3.8, 4) is 0 Å². The minimum Gasteiger partial charge on any atom is -0.340 e. The van der Waals surface area contributed by atoms with Gasteiger partial charge in [0, 0.05) is 63.9 Å². The molecule has 7 heteroatoms. The van der Waals surface area contributed by atoms with Gasteiger partial charge in [0.2, 0.25) is 5.91 Å². The summed E-state index contributed by atoms with van der Waals surface area (Å²) in [5, 5.41) is 4.22. The Labute approximate surface area is 136 Å². The molecular formula is C16H24N6O. The van der Waals surface area contributed by atoms with Crippen molar-refractivity contribution in [1.82, 2.24) is 29.1 Å². The predicted molar refractivity (Wildman–Crippen MR) is 86.6 cm³/mol. The fourth-order valence-electron chi connectivity index (χ4n) is 3.05. The average Bonchev–Trinajstić information content (AvgIpc) is 3.15. The topological polar surface area (TPSA) is 59.2 Å². The van der Waals surface area contributed by atoms with Crippen LogP contribution in [0.1, 0.15) is 24.9 Å². The van der Waals surface area contributed by atoms with Gasteiger partial charge in [-0.2, -0.15) is 5.10 Å². The first kappa shape index (κ1) is 15.7. The normalized spacial score (nSPS) is 17.9. The van der Waals surface area contributed by atoms with Crippen molar-refractivity contribution in [2.45, 2.75) is 25.9 Å². The standard InChI is InChI=1S/C16H24N6O/c1-14(22-7-4-17-13-22)16(23)21-6-3-5-20(8-9-21)12-15-10-18-19(2)11-15/h4,7,10-11,13-14H,3,5-6,8-9,12H2,1-2H3/t14-/m1/s1. The molecule has 23 heavy (non-hydrogen) atoms. The zero-order chi connectivity index (χ0) is 16.2. The highest BCUT2D eigenvalue weighted by Crippen LogP contribution is 2.13. The van der Waals surface area contributed by atoms with Crippen LogP contribution in [0.4, 0.5) is 0 Å². The van der Waals surface area contributed by atoms with Gasteiger partial charge in [0.15, 0.2) is 0 Å². The highest BCUT2D eigenvalue weighted by atomic mass is 16.2. The van der Waals surface area contributed by atoms with Crippen LogP contribution in [0.25, 0.3) is 0 Å². The van der Waals surface area contributed by atoms with Gasteiger partial charge in [-0.15, -0.1) is 0 Å². The summed E-state index contributed by atoms with van der Waals surface area (Å²) in [6.07, 6.45) is 10.2. The first-order valence-corrected chi connectivity index (χ1v) is 8.09. The maximum atomic E-state index is 12.7. The number of aromatic nitrogens is 4. The smallest absolute Gasteiger partial charge is 0.245 e. The number of carbonyl (C=O) groups excluding carboxylic acids is 1. The van der Waals surface area contributed by atoms with Crippen molar-refractivity contribution in [2.24, 2.45) is 7.05 Å². The van der Waals surface area contributed by atoms with Crippen molar-refractivity contribution in [1.29, 1.82) is 0 Å². The average molecular weight is 316 g/mol. The molecule has 0 saturated carbocycles. The number of nitrogens with zero attached hydrogens (tertiary/aromatic N) is 6. The molecule has 2 aromatic heterocycles. The van der Waals surface area contributed by atoms with E-state index in [4.69, 9.17) is 0 Å². The summed E-state index contributed by atoms with van der Waals surface area (Å²) >= 11 is 0. The molecule has 0 N–H and O–H groups in total. The molecule has 1 fully saturated rings. The molecule has 0 aliphatic carbocycles. The molecule has 0 spiro atoms. The number of rotatable bonds is 4. The van der Waals surface area contributed by atoms with Gasteiger partial charge >= 0.3 is 0 Å². The third-order valence-corrected chi connectivity index (χ3v) is 4.39. The van der Waals surface area contributed by atoms with Gasteiger partial charge in [-0.3, -0.25) is 14.4 Å². The van der Waals surface area contributed by atoms with Crippen molar-refractivity contribution in [3.63, 3.8) is 0 Å². The number of carbonyl (C=O) groups is 1. The van der Waals surface area contributed by atoms with E-state index >= 15 is 0 Å². The van der Waals surface area contributed by atoms with Gasteiger partial charge in [0.25, 0.3) is 0 Å². The largest absolute Gasteiger partial charge is 0.340 e. The van der Waals surface area contributed by atoms with Crippen molar-refractivity contribution in [3.05, 3.63) is 36.7 Å². The molecule has 1 amide bonds. The van der Waals surface area contributed by atoms with Crippen LogP contribution in [0.2, 0.25) is 0 Å². The Hall–Kier alpha value is -2.15. The van der Waals surface area contributed by atoms with Crippen LogP contribution >= 0.6 is 0 Å². The monoisotopic (exact) mass is 316 g/mol. The third kappa shape index (κ3) is 3.79. The summed E-state index contributed by atoms with van der Waals surface area (Å²) in [7, 11) is 1.93. The van der Waals surface area contributed by atoms with Crippen LogP contribution in [-0.4, -0.2) is 61.2 Å². The molecule has 0 unspecified atom stereocenters. The highest BCUT2D eigenvalue weighted by molar-refractivity contribution is 5.80. The summed E-state index contributed by atoms with van der Waals surface area (Å²) < 4.78 is 3.69. The molecule has 0 radical (unpaired) electrons. The van der Waals surface area contributed by atoms with Crippen LogP contribution in [0.15, 0.2) is 31.1 Å². The third-order valence-electron chi connectivity index (χ3n) is 4.39. The number of aryl methyl sites for hydroxylation is 1. The first-order chi connectivity index (χ1) is 11.1. The van der Waals surface area contributed by atoms with Crippen molar-refractivity contribution < 1.29 is 4.79 Å². The minimum atomic E-state index is -0.192. The van der Waals surface area contributed by atoms with E-state index in [2.05, 4.69) is 21.2 Å². The fraction of sp³-hybridized carbons (Fsp3) is 0.562. The number of hydrogen-bond donors (Lipinski definition) is 0. The molecule has 124 valence electrons. The Morgan fingerprint density at radius 3 is 2.87 bits per heavy atom. The fourth-order valence-corrected chi connectivity index (χ4v) is 3.05. The van der Waals surface area contributed by atoms with Crippen LogP contribution < -0.4 is 0 Å². The van der Waals surface area contributed by atoms with Gasteiger partial charge in [-0.1, -0.05) is 0 Å². The van der Waals surface area contributed by atoms with Crippen LogP contribution in [0, 0.1) is 0 Å². The maximum Gasteiger partial charge on any atom is 0.245 e. The first-order valence-electron chi connectivity index (χ1n) is 8.09. The lowest BCUT2D eigenvalue weighted by Crippen LogP contribution is -2.38. The van der Waals surface area contributed by atoms with E-state index < -0.39 is 0 Å². The van der Waals surface area contributed by atoms with Crippen molar-refractivity contribution in [2.75, 3.05) is 26.2 Å². The van der Waals surface area contributed by atoms with Crippen LogP contribution in [-0.2, 0) is 18.4 Å². The van der Waals surface area contributed by atoms with Gasteiger partial charge < -0.3 is 9.47 Å². The van der Waals surface area contributed by atoms with E-state index in [1.54, 1.807) is 12.5 Å². The SMILES string of the molecule is C[C@H](C(=O)N1CCCN(Cc2cnn(C)c2)CC1)n1ccnc1. The van der Waals surface area contributed by atoms with Gasteiger partial charge in [0.1, 0.15) is 6.04 Å². The summed E-state index contributed by atoms with van der Waals surface area (Å²) in [4.78, 5) is 21.1. The summed E-state index contributed by atoms with van der Waals surface area (Å²) in [6, 6.07) is -0.192. The molecule has 1 aliphatic rings. The van der Waals surface area contributed by atoms with Gasteiger partial charge in [-0.05, 0) is 13.3 Å². The lowest BCUT2D eigenvalue weighted by Gasteiger charge is -2.25. The lowest BCUT2D eigenvalue weighted by atomic mass is 10.2. The Morgan fingerprint density at radius 2 is 2.17 bits per heavy atom. The lowest BCUT2D eigenvalue weighted by molar-refractivity contribution is -0.134. The zero-order valence-electron chi connectivity index (χ0n) is 13.8. The Balaban J connectivity index is 1.56. The van der Waals surface area contributed by atoms with E-state index in [1.165, 1.54) is 5.56 Å². The minimum absolute atomic E-state index is 0.172. The molecule has 3 heterocycles. The maximum absolute atomic E-state index is 12.7. The predicted octanol–water partition coefficient (Wildman–Crippen LogP) is 0.912. The number of amides is 1. The van der Waals surface area contributed by atoms with E-state index in [-0.39, 0.29) is 11.9 Å². The summed E-state index contributed by atoms with van der Waals surface area (Å²) in [5.74, 6) is 0.172. The van der Waals surface area contributed by atoms with Crippen molar-refractivity contribution >= 4 is 5.91 Å². The number of hydrogen-bond acceptors (Lipinski definition) is 4. The van der Waals surface area contributed by atoms with Gasteiger partial charge in [-0.25, -0.2) is 4.98 Å². The summed E-state index contributed by atoms with van der Waals surface area (Å²) in [5.41, 5.74) is 1.22. The molecular weight excluding hydrogens is 292 g/mol. The quantitative estimate of drug-likeness (QED) is 0.841. The Kier molecular flexibility index (Phi) is 4.76. The molecule has 0 aromatic carbocycles. The second kappa shape index (κ2) is 6.95. The molecule has 2 aromatic rings. The molecule has 1 saturated heterocycles. The second-order valence-corrected chi connectivity index (χ2v) is 6.16. The second-order valence-electron chi connectivity index (χ2n) is 6.16. The van der Waals surface area contributed by atoms with E-state index in [0.29, 0.717) is 0 Å². The van der Waals surface area contributed by atoms with Gasteiger partial charge in [0.05, 0.1) is 12.5 Å². The molecule has 1 atom stereocenters. The zero-order valence-corrected chi connectivity index (χ0v) is 13.8. The van der Waals surface area contributed by atoms with Crippen LogP contribution in [0.3, 0.4) is 0 Å². The number of imidazole rings is 1. The molecule has 3 rings (SSSR count). The summed E-state index contributed by atoms with van der Waals surface area (Å²) in [6.45, 7) is 6.34. The van der Waals surface area contributed by atoms with Crippen LogP contribution in [0.5, 0.6) is 0 Å². The molecule has 1 aliphatic heterocycles. The highest BCUT2D eigenvalue weighted by Gasteiger charge is 2.24. The molecule has 7 nitrogen and oxygen atoms in total. The van der Waals surface area contributed by atoms with E-state index in [0.717, 1.165) is 39.1 Å². The Bertz CT molecular complexity index is 635. The molecule has 0 bridgehead atoms. The van der Waals surface area contributed by atoms with E-state index in [1.807, 2.05) is 40.5 Å². The van der Waals surface area contributed by atoms with E-state index in [9.17, 15) is 4.79 Å².